The Morgan fingerprint density at radius 1 is 0.689 bits per heavy atom. The second-order valence-corrected chi connectivity index (χ2v) is 14.0. The van der Waals surface area contributed by atoms with E-state index >= 15 is 0 Å². The molecule has 2 heterocycles. The minimum atomic E-state index is -0.979. The minimum Gasteiger partial charge on any atom is -1.00 e. The predicted octanol–water partition coefficient (Wildman–Crippen LogP) is -0.260. The van der Waals surface area contributed by atoms with Gasteiger partial charge in [0.2, 0.25) is 17.7 Å². The van der Waals surface area contributed by atoms with Gasteiger partial charge in [-0.3, -0.25) is 24.0 Å². The second-order valence-electron chi connectivity index (χ2n) is 14.0. The van der Waals surface area contributed by atoms with E-state index in [0.717, 1.165) is 21.9 Å². The molecule has 0 aliphatic heterocycles. The molecule has 0 aliphatic carbocycles. The Kier molecular flexibility index (Phi) is 19.8. The van der Waals surface area contributed by atoms with Crippen molar-refractivity contribution in [3.63, 3.8) is 0 Å². The van der Waals surface area contributed by atoms with Crippen molar-refractivity contribution in [2.75, 3.05) is 27.2 Å². The molecule has 7 N–H and O–H groups in total. The summed E-state index contributed by atoms with van der Waals surface area (Å²) in [5.74, 6) is -1.87. The molecule has 2 aromatic carbocycles. The number of amides is 5. The lowest BCUT2D eigenvalue weighted by Gasteiger charge is -2.18. The maximum atomic E-state index is 12.4. The topological polar surface area (TPSA) is 295 Å². The standard InChI is InChI=1S/C22H27N3O7.C19H23N3O6.ClH/c1-4-20(28)24-16(12-19(23)27)17(26)6-5-9-25(3)22(30)31-14-7-8-15-13(2)10-21(29)32-18(15)11-14;1-11-8-18(25)28-16-9-12(5-6-13(11)16)27-19(26)22(2)7-3-4-15(23)14(20)10-17(21)24;/h7-8,10-11,16H,4-6,9,12H2,1-3H3,(H2,23,27)(H,24,28);5-6,8-9,14H,3-4,7,10,20H2,1-2H3,(H2,21,24);1H/p-1/t16-;14-;/m11./s1. The molecule has 0 aliphatic rings. The van der Waals surface area contributed by atoms with Gasteiger partial charge in [-0.2, -0.15) is 0 Å². The van der Waals surface area contributed by atoms with Gasteiger partial charge in [0, 0.05) is 87.9 Å². The van der Waals surface area contributed by atoms with Crippen LogP contribution in [0.1, 0.15) is 63.0 Å². The number of hydrogen-bond donors (Lipinski definition) is 4. The van der Waals surface area contributed by atoms with Crippen LogP contribution in [-0.2, 0) is 24.0 Å². The summed E-state index contributed by atoms with van der Waals surface area (Å²) >= 11 is 0. The van der Waals surface area contributed by atoms with E-state index in [4.69, 9.17) is 35.5 Å². The van der Waals surface area contributed by atoms with Crippen molar-refractivity contribution in [3.8, 4) is 11.5 Å². The summed E-state index contributed by atoms with van der Waals surface area (Å²) in [6.45, 7) is 5.66. The number of halogens is 1. The molecule has 61 heavy (non-hydrogen) atoms. The van der Waals surface area contributed by atoms with Crippen LogP contribution in [0.5, 0.6) is 11.5 Å². The number of carbonyl (C=O) groups is 7. The molecule has 0 spiro atoms. The monoisotopic (exact) mass is 869 g/mol. The first-order valence-corrected chi connectivity index (χ1v) is 18.9. The van der Waals surface area contributed by atoms with E-state index in [2.05, 4.69) is 5.32 Å². The SMILES string of the molecule is CCC(=O)N[C@H](CC(N)=O)C(=O)CCCN(C)C(=O)Oc1ccc2c(C)cc(=O)oc2c1.Cc1cc(=O)oc2cc(OC(=O)N(C)CCCC(=O)[C@H](N)CC(N)=O)ccc12.[Cl-]. The van der Waals surface area contributed by atoms with E-state index in [1.807, 2.05) is 0 Å². The molecule has 0 fully saturated rings. The van der Waals surface area contributed by atoms with Gasteiger partial charge >= 0.3 is 23.4 Å². The van der Waals surface area contributed by atoms with E-state index < -0.39 is 47.3 Å². The highest BCUT2D eigenvalue weighted by molar-refractivity contribution is 5.93. The lowest BCUT2D eigenvalue weighted by atomic mass is 10.0. The number of benzene rings is 2. The number of fused-ring (bicyclic) bond motifs is 2. The molecule has 0 bridgehead atoms. The molecule has 19 nitrogen and oxygen atoms in total. The van der Waals surface area contributed by atoms with Gasteiger partial charge in [-0.15, -0.1) is 0 Å². The van der Waals surface area contributed by atoms with Crippen molar-refractivity contribution in [1.82, 2.24) is 15.1 Å². The third-order valence-electron chi connectivity index (χ3n) is 9.00. The second kappa shape index (κ2) is 23.9. The van der Waals surface area contributed by atoms with E-state index in [1.54, 1.807) is 45.0 Å². The van der Waals surface area contributed by atoms with Crippen LogP contribution in [-0.4, -0.2) is 90.5 Å². The molecule has 0 radical (unpaired) electrons. The molecule has 330 valence electrons. The number of ether oxygens (including phenoxy) is 2. The van der Waals surface area contributed by atoms with Gasteiger partial charge in [-0.1, -0.05) is 6.92 Å². The zero-order valence-corrected chi connectivity index (χ0v) is 35.2. The van der Waals surface area contributed by atoms with Gasteiger partial charge in [0.1, 0.15) is 28.4 Å². The average Bonchev–Trinajstić information content (AvgIpc) is 3.16. The molecular weight excluding hydrogens is 820 g/mol. The van der Waals surface area contributed by atoms with Gasteiger partial charge in [-0.05, 0) is 62.1 Å². The lowest BCUT2D eigenvalue weighted by molar-refractivity contribution is -0.130. The van der Waals surface area contributed by atoms with E-state index in [1.165, 1.54) is 48.2 Å². The van der Waals surface area contributed by atoms with Crippen molar-refractivity contribution in [2.24, 2.45) is 17.2 Å². The fourth-order valence-electron chi connectivity index (χ4n) is 5.69. The van der Waals surface area contributed by atoms with Crippen LogP contribution in [0.25, 0.3) is 21.9 Å². The Bertz CT molecular complexity index is 2360. The van der Waals surface area contributed by atoms with Gasteiger partial charge < -0.3 is 63.0 Å². The van der Waals surface area contributed by atoms with Crippen LogP contribution < -0.4 is 55.6 Å². The van der Waals surface area contributed by atoms with Crippen LogP contribution in [0.4, 0.5) is 9.59 Å². The summed E-state index contributed by atoms with van der Waals surface area (Å²) < 4.78 is 20.9. The Hall–Kier alpha value is -6.60. The molecule has 0 saturated carbocycles. The Morgan fingerprint density at radius 3 is 1.52 bits per heavy atom. The smallest absolute Gasteiger partial charge is 0.414 e. The summed E-state index contributed by atoms with van der Waals surface area (Å²) in [6, 6.07) is 10.4. The van der Waals surface area contributed by atoms with Gasteiger partial charge in [0.05, 0.1) is 18.5 Å². The fraction of sp³-hybridized carbons (Fsp3) is 0.390. The first-order valence-electron chi connectivity index (χ1n) is 18.9. The number of nitrogens with one attached hydrogen (secondary N) is 1. The zero-order valence-electron chi connectivity index (χ0n) is 34.4. The number of carbonyl (C=O) groups excluding carboxylic acids is 7. The number of rotatable bonds is 18. The maximum Gasteiger partial charge on any atom is 0.414 e. The third-order valence-corrected chi connectivity index (χ3v) is 9.00. The zero-order chi connectivity index (χ0) is 44.7. The van der Waals surface area contributed by atoms with Crippen LogP contribution >= 0.6 is 0 Å². The van der Waals surface area contributed by atoms with Crippen molar-refractivity contribution in [3.05, 3.63) is 80.5 Å². The minimum absolute atomic E-state index is 0. The molecule has 0 unspecified atom stereocenters. The third kappa shape index (κ3) is 16.2. The molecular formula is C41H50ClN6O13-. The lowest BCUT2D eigenvalue weighted by Crippen LogP contribution is -3.00. The van der Waals surface area contributed by atoms with Crippen LogP contribution in [0.15, 0.2) is 67.0 Å². The molecule has 4 aromatic rings. The van der Waals surface area contributed by atoms with Crippen molar-refractivity contribution >= 4 is 63.4 Å². The average molecular weight is 870 g/mol. The molecule has 20 heteroatoms. The Balaban J connectivity index is 0.000000417. The summed E-state index contributed by atoms with van der Waals surface area (Å²) in [7, 11) is 3.04. The Morgan fingerprint density at radius 2 is 1.11 bits per heavy atom. The summed E-state index contributed by atoms with van der Waals surface area (Å²) in [5.41, 5.74) is 16.9. The van der Waals surface area contributed by atoms with Crippen LogP contribution in [0.2, 0.25) is 0 Å². The van der Waals surface area contributed by atoms with E-state index in [0.29, 0.717) is 24.0 Å². The van der Waals surface area contributed by atoms with Gasteiger partial charge in [0.15, 0.2) is 5.78 Å². The highest BCUT2D eigenvalue weighted by atomic mass is 35.5. The first kappa shape index (κ1) is 50.5. The summed E-state index contributed by atoms with van der Waals surface area (Å²) in [6.07, 6.45) is -0.755. The largest absolute Gasteiger partial charge is 1.00 e. The molecule has 0 saturated heterocycles. The van der Waals surface area contributed by atoms with Crippen molar-refractivity contribution in [2.45, 2.75) is 77.8 Å². The molecule has 5 amide bonds. The number of ketones is 2. The first-order chi connectivity index (χ1) is 28.3. The number of Topliss-reactive ketones (excluding diaryl/α,β-unsaturated/α-hetero) is 2. The maximum absolute atomic E-state index is 12.4. The molecule has 2 aromatic heterocycles. The van der Waals surface area contributed by atoms with Crippen molar-refractivity contribution in [1.29, 1.82) is 0 Å². The quantitative estimate of drug-likeness (QED) is 0.0938. The predicted molar refractivity (Wildman–Crippen MR) is 218 cm³/mol. The Labute approximate surface area is 356 Å². The molecule has 2 atom stereocenters. The molecule has 4 rings (SSSR count). The summed E-state index contributed by atoms with van der Waals surface area (Å²) in [5, 5.41) is 3.97. The number of primary amides is 2. The number of aryl methyl sites for hydroxylation is 2. The van der Waals surface area contributed by atoms with Crippen LogP contribution in [0, 0.1) is 13.8 Å². The number of nitrogens with zero attached hydrogens (tertiary/aromatic N) is 2. The van der Waals surface area contributed by atoms with Gasteiger partial charge in [-0.25, -0.2) is 19.2 Å². The highest BCUT2D eigenvalue weighted by Crippen LogP contribution is 2.24. The van der Waals surface area contributed by atoms with Crippen LogP contribution in [0.3, 0.4) is 0 Å². The van der Waals surface area contributed by atoms with Crippen molar-refractivity contribution < 1.29 is 64.3 Å². The normalized spacial score (nSPS) is 11.5. The number of nitrogens with two attached hydrogens (primary N) is 3. The highest BCUT2D eigenvalue weighted by Gasteiger charge is 2.23. The summed E-state index contributed by atoms with van der Waals surface area (Å²) in [4.78, 5) is 108. The van der Waals surface area contributed by atoms with Gasteiger partial charge in [0.25, 0.3) is 0 Å². The fourth-order valence-corrected chi connectivity index (χ4v) is 5.69. The van der Waals surface area contributed by atoms with E-state index in [9.17, 15) is 43.2 Å². The number of hydrogen-bond acceptors (Lipinski definition) is 14. The van der Waals surface area contributed by atoms with E-state index in [-0.39, 0.29) is 86.6 Å².